The third kappa shape index (κ3) is 4.64. The Morgan fingerprint density at radius 3 is 2.64 bits per heavy atom. The van der Waals surface area contributed by atoms with Crippen molar-refractivity contribution in [2.75, 3.05) is 19.5 Å². The van der Waals surface area contributed by atoms with Crippen molar-refractivity contribution in [2.45, 2.75) is 16.5 Å². The van der Waals surface area contributed by atoms with Crippen molar-refractivity contribution >= 4 is 23.4 Å². The van der Waals surface area contributed by atoms with Crippen molar-refractivity contribution in [3.63, 3.8) is 0 Å². The van der Waals surface area contributed by atoms with Crippen molar-refractivity contribution in [3.8, 4) is 11.5 Å². The predicted octanol–water partition coefficient (Wildman–Crippen LogP) is 3.91. The first-order chi connectivity index (χ1) is 13.5. The number of carbonyl (C=O) groups excluding carboxylic acids is 1. The number of ether oxygens (including phenoxy) is 2. The van der Waals surface area contributed by atoms with E-state index in [2.05, 4.69) is 10.3 Å². The lowest BCUT2D eigenvalue weighted by Crippen LogP contribution is -2.15. The van der Waals surface area contributed by atoms with Gasteiger partial charge in [0.15, 0.2) is 16.7 Å². The number of carbonyl (C=O) groups is 1. The Hall–Kier alpha value is -3.00. The highest BCUT2D eigenvalue weighted by Crippen LogP contribution is 2.33. The van der Waals surface area contributed by atoms with E-state index in [1.54, 1.807) is 37.6 Å². The predicted molar refractivity (Wildman–Crippen MR) is 106 cm³/mol. The number of nitrogens with zero attached hydrogens (tertiary/aromatic N) is 2. The molecule has 0 atom stereocenters. The van der Waals surface area contributed by atoms with Gasteiger partial charge >= 0.3 is 0 Å². The molecule has 1 aromatic heterocycles. The Balaban J connectivity index is 1.76. The first kappa shape index (κ1) is 19.8. The van der Waals surface area contributed by atoms with Gasteiger partial charge in [-0.2, -0.15) is 0 Å². The molecule has 1 amide bonds. The monoisotopic (exact) mass is 401 g/mol. The number of anilines is 1. The molecule has 8 heteroatoms. The summed E-state index contributed by atoms with van der Waals surface area (Å²) in [5, 5.41) is 3.53. The van der Waals surface area contributed by atoms with Crippen LogP contribution in [0.5, 0.6) is 11.5 Å². The smallest absolute Gasteiger partial charge is 0.228 e. The van der Waals surface area contributed by atoms with E-state index in [0.29, 0.717) is 22.1 Å². The fraction of sp³-hybridized carbons (Fsp3) is 0.200. The molecule has 0 fully saturated rings. The summed E-state index contributed by atoms with van der Waals surface area (Å²) in [5.74, 6) is 0.445. The molecule has 0 aliphatic rings. The summed E-state index contributed by atoms with van der Waals surface area (Å²) < 4.78 is 26.1. The quantitative estimate of drug-likeness (QED) is 0.650. The maximum absolute atomic E-state index is 13.8. The van der Waals surface area contributed by atoms with E-state index >= 15 is 0 Å². The van der Waals surface area contributed by atoms with Crippen molar-refractivity contribution in [1.29, 1.82) is 0 Å². The Morgan fingerprint density at radius 2 is 1.96 bits per heavy atom. The van der Waals surface area contributed by atoms with Gasteiger partial charge in [-0.1, -0.05) is 6.07 Å². The third-order valence-corrected chi connectivity index (χ3v) is 5.16. The van der Waals surface area contributed by atoms with Crippen LogP contribution in [-0.2, 0) is 18.3 Å². The molecule has 28 heavy (non-hydrogen) atoms. The Labute approximate surface area is 166 Å². The maximum Gasteiger partial charge on any atom is 0.228 e. The highest BCUT2D eigenvalue weighted by molar-refractivity contribution is 7.99. The van der Waals surface area contributed by atoms with Crippen LogP contribution in [0.4, 0.5) is 10.1 Å². The molecule has 3 rings (SSSR count). The highest BCUT2D eigenvalue weighted by atomic mass is 32.2. The minimum Gasteiger partial charge on any atom is -0.493 e. The van der Waals surface area contributed by atoms with Crippen molar-refractivity contribution in [3.05, 3.63) is 60.2 Å². The lowest BCUT2D eigenvalue weighted by molar-refractivity contribution is -0.115. The van der Waals surface area contributed by atoms with Crippen LogP contribution in [0.3, 0.4) is 0 Å². The second-order valence-corrected chi connectivity index (χ2v) is 6.99. The molecule has 1 N–H and O–H groups in total. The van der Waals surface area contributed by atoms with E-state index in [1.807, 2.05) is 17.8 Å². The van der Waals surface area contributed by atoms with Crippen LogP contribution in [0.2, 0.25) is 0 Å². The fourth-order valence-corrected chi connectivity index (χ4v) is 3.48. The molecule has 0 aliphatic carbocycles. The summed E-state index contributed by atoms with van der Waals surface area (Å²) in [6.07, 6.45) is 3.62. The van der Waals surface area contributed by atoms with Gasteiger partial charge in [-0.3, -0.25) is 4.79 Å². The van der Waals surface area contributed by atoms with E-state index in [4.69, 9.17) is 9.47 Å². The van der Waals surface area contributed by atoms with Crippen LogP contribution in [0, 0.1) is 5.82 Å². The van der Waals surface area contributed by atoms with Gasteiger partial charge < -0.3 is 19.4 Å². The SMILES string of the molecule is COc1ccc(CC(=O)Nc2cc(F)ccc2Sc2nccn2C)cc1OC. The third-order valence-electron chi connectivity index (χ3n) is 4.01. The Bertz CT molecular complexity index is 991. The van der Waals surface area contributed by atoms with Gasteiger partial charge in [0.05, 0.1) is 26.3 Å². The number of nitrogens with one attached hydrogen (secondary N) is 1. The number of aryl methyl sites for hydroxylation is 1. The molecule has 0 spiro atoms. The maximum atomic E-state index is 13.8. The minimum absolute atomic E-state index is 0.114. The average molecular weight is 401 g/mol. The minimum atomic E-state index is -0.425. The molecule has 0 saturated heterocycles. The van der Waals surface area contributed by atoms with E-state index < -0.39 is 5.82 Å². The number of benzene rings is 2. The number of amides is 1. The zero-order chi connectivity index (χ0) is 20.1. The zero-order valence-electron chi connectivity index (χ0n) is 15.7. The van der Waals surface area contributed by atoms with Gasteiger partial charge in [-0.05, 0) is 47.7 Å². The number of hydrogen-bond acceptors (Lipinski definition) is 5. The van der Waals surface area contributed by atoms with E-state index in [1.165, 1.54) is 31.0 Å². The number of aromatic nitrogens is 2. The van der Waals surface area contributed by atoms with Gasteiger partial charge in [0.1, 0.15) is 5.82 Å². The molecule has 1 heterocycles. The van der Waals surface area contributed by atoms with Gasteiger partial charge in [0.2, 0.25) is 5.91 Å². The van der Waals surface area contributed by atoms with E-state index in [9.17, 15) is 9.18 Å². The molecule has 0 radical (unpaired) electrons. The van der Waals surface area contributed by atoms with Crippen LogP contribution in [0.1, 0.15) is 5.56 Å². The lowest BCUT2D eigenvalue weighted by atomic mass is 10.1. The summed E-state index contributed by atoms with van der Waals surface area (Å²) in [7, 11) is 4.96. The van der Waals surface area contributed by atoms with Crippen molar-refractivity contribution < 1.29 is 18.7 Å². The topological polar surface area (TPSA) is 65.4 Å². The number of methoxy groups -OCH3 is 2. The first-order valence-corrected chi connectivity index (χ1v) is 9.27. The number of hydrogen-bond donors (Lipinski definition) is 1. The van der Waals surface area contributed by atoms with Crippen molar-refractivity contribution in [2.24, 2.45) is 7.05 Å². The molecule has 3 aromatic rings. The molecule has 146 valence electrons. The second kappa shape index (κ2) is 8.79. The summed E-state index contributed by atoms with van der Waals surface area (Å²) in [5.41, 5.74) is 1.16. The number of halogens is 1. The summed E-state index contributed by atoms with van der Waals surface area (Å²) in [6.45, 7) is 0. The largest absolute Gasteiger partial charge is 0.493 e. The standard InChI is InChI=1S/C20H20FN3O3S/c1-24-9-8-22-20(24)28-18-7-5-14(21)12-15(18)23-19(25)11-13-4-6-16(26-2)17(10-13)27-3/h4-10,12H,11H2,1-3H3,(H,23,25). The van der Waals surface area contributed by atoms with Crippen molar-refractivity contribution in [1.82, 2.24) is 9.55 Å². The van der Waals surface area contributed by atoms with E-state index in [-0.39, 0.29) is 12.3 Å². The van der Waals surface area contributed by atoms with E-state index in [0.717, 1.165) is 10.7 Å². The summed E-state index contributed by atoms with van der Waals surface area (Å²) in [6, 6.07) is 9.56. The van der Waals surface area contributed by atoms with Crippen LogP contribution in [0.25, 0.3) is 0 Å². The highest BCUT2D eigenvalue weighted by Gasteiger charge is 2.13. The first-order valence-electron chi connectivity index (χ1n) is 8.45. The fourth-order valence-electron chi connectivity index (χ4n) is 2.61. The van der Waals surface area contributed by atoms with Gasteiger partial charge in [-0.25, -0.2) is 9.37 Å². The van der Waals surface area contributed by atoms with Gasteiger partial charge in [0.25, 0.3) is 0 Å². The summed E-state index contributed by atoms with van der Waals surface area (Å²) in [4.78, 5) is 17.5. The normalized spacial score (nSPS) is 10.6. The molecule has 0 unspecified atom stereocenters. The molecule has 2 aromatic carbocycles. The summed E-state index contributed by atoms with van der Waals surface area (Å²) >= 11 is 1.35. The molecule has 6 nitrogen and oxygen atoms in total. The van der Waals surface area contributed by atoms with Crippen LogP contribution >= 0.6 is 11.8 Å². The number of rotatable bonds is 7. The van der Waals surface area contributed by atoms with Crippen LogP contribution in [0.15, 0.2) is 58.8 Å². The van der Waals surface area contributed by atoms with Crippen LogP contribution < -0.4 is 14.8 Å². The molecular formula is C20H20FN3O3S. The van der Waals surface area contributed by atoms with Gasteiger partial charge in [-0.15, -0.1) is 0 Å². The second-order valence-electron chi connectivity index (χ2n) is 5.98. The Kier molecular flexibility index (Phi) is 6.20. The molecule has 0 bridgehead atoms. The Morgan fingerprint density at radius 1 is 1.18 bits per heavy atom. The zero-order valence-corrected chi connectivity index (χ0v) is 16.5. The average Bonchev–Trinajstić information content (AvgIpc) is 3.08. The molecule has 0 saturated carbocycles. The molecule has 0 aliphatic heterocycles. The lowest BCUT2D eigenvalue weighted by Gasteiger charge is -2.12. The van der Waals surface area contributed by atoms with Crippen LogP contribution in [-0.4, -0.2) is 29.7 Å². The van der Waals surface area contributed by atoms with Gasteiger partial charge in [0, 0.05) is 24.3 Å². The number of imidazole rings is 1. The molecular weight excluding hydrogens is 381 g/mol.